The van der Waals surface area contributed by atoms with Crippen molar-refractivity contribution >= 4 is 11.6 Å². The van der Waals surface area contributed by atoms with E-state index in [0.717, 1.165) is 17.7 Å². The zero-order chi connectivity index (χ0) is 14.5. The molecule has 0 spiro atoms. The highest BCUT2D eigenvalue weighted by molar-refractivity contribution is 5.95. The molecule has 0 aliphatic rings. The number of amides is 1. The van der Waals surface area contributed by atoms with Crippen LogP contribution in [-0.2, 0) is 0 Å². The molecule has 0 radical (unpaired) electrons. The number of nitrogens with one attached hydrogen (secondary N) is 1. The summed E-state index contributed by atoms with van der Waals surface area (Å²) in [5.74, 6) is -1.06. The van der Waals surface area contributed by atoms with Gasteiger partial charge in [-0.2, -0.15) is 0 Å². The van der Waals surface area contributed by atoms with Crippen LogP contribution < -0.4 is 11.1 Å². The zero-order valence-corrected chi connectivity index (χ0v) is 10.7. The van der Waals surface area contributed by atoms with E-state index in [-0.39, 0.29) is 17.9 Å². The Kier molecular flexibility index (Phi) is 4.32. The van der Waals surface area contributed by atoms with Crippen LogP contribution in [0.25, 0.3) is 0 Å². The van der Waals surface area contributed by atoms with Gasteiger partial charge in [-0.25, -0.2) is 4.39 Å². The van der Waals surface area contributed by atoms with Crippen LogP contribution >= 0.6 is 0 Å². The third kappa shape index (κ3) is 3.33. The molecule has 2 aromatic carbocycles. The largest absolute Gasteiger partial charge is 0.399 e. The summed E-state index contributed by atoms with van der Waals surface area (Å²) in [7, 11) is 0. The number of hydrogen-bond donors (Lipinski definition) is 3. The van der Waals surface area contributed by atoms with Crippen LogP contribution in [0, 0.1) is 5.82 Å². The smallest absolute Gasteiger partial charge is 0.252 e. The first kappa shape index (κ1) is 14.0. The second kappa shape index (κ2) is 6.16. The van der Waals surface area contributed by atoms with Crippen LogP contribution in [0.5, 0.6) is 0 Å². The molecule has 0 saturated carbocycles. The molecule has 0 fully saturated rings. The van der Waals surface area contributed by atoms with E-state index in [1.807, 2.05) is 18.2 Å². The summed E-state index contributed by atoms with van der Waals surface area (Å²) in [5, 5.41) is 12.0. The van der Waals surface area contributed by atoms with E-state index in [1.54, 1.807) is 12.1 Å². The van der Waals surface area contributed by atoms with Gasteiger partial charge in [-0.15, -0.1) is 0 Å². The normalized spacial score (nSPS) is 11.9. The monoisotopic (exact) mass is 274 g/mol. The van der Waals surface area contributed by atoms with Crippen LogP contribution in [0.3, 0.4) is 0 Å². The molecule has 2 aromatic rings. The molecule has 0 saturated heterocycles. The van der Waals surface area contributed by atoms with Crippen molar-refractivity contribution in [3.8, 4) is 0 Å². The Morgan fingerprint density at radius 1 is 1.25 bits per heavy atom. The number of benzene rings is 2. The van der Waals surface area contributed by atoms with Gasteiger partial charge in [-0.3, -0.25) is 4.79 Å². The minimum absolute atomic E-state index is 0.122. The molecule has 0 aromatic heterocycles. The number of aliphatic hydroxyl groups excluding tert-OH is 1. The molecule has 0 unspecified atom stereocenters. The molecule has 104 valence electrons. The van der Waals surface area contributed by atoms with Crippen LogP contribution in [0.1, 0.15) is 22.0 Å². The van der Waals surface area contributed by atoms with Gasteiger partial charge in [0.15, 0.2) is 0 Å². The maximum absolute atomic E-state index is 13.2. The van der Waals surface area contributed by atoms with Crippen molar-refractivity contribution in [3.05, 3.63) is 65.5 Å². The number of carbonyl (C=O) groups excluding carboxylic acids is 1. The number of halogens is 1. The van der Waals surface area contributed by atoms with Gasteiger partial charge in [0.25, 0.3) is 5.91 Å². The molecule has 2 rings (SSSR count). The number of rotatable bonds is 4. The second-order valence-electron chi connectivity index (χ2n) is 4.39. The third-order valence-corrected chi connectivity index (χ3v) is 2.87. The number of aliphatic hydroxyl groups is 1. The molecule has 1 atom stereocenters. The van der Waals surface area contributed by atoms with E-state index in [2.05, 4.69) is 5.32 Å². The molecule has 0 aliphatic carbocycles. The van der Waals surface area contributed by atoms with E-state index >= 15 is 0 Å². The number of anilines is 1. The molecule has 1 amide bonds. The van der Waals surface area contributed by atoms with Gasteiger partial charge in [-0.05, 0) is 23.8 Å². The van der Waals surface area contributed by atoms with E-state index in [1.165, 1.54) is 6.07 Å². The van der Waals surface area contributed by atoms with Gasteiger partial charge < -0.3 is 16.2 Å². The third-order valence-electron chi connectivity index (χ3n) is 2.87. The van der Waals surface area contributed by atoms with Crippen LogP contribution in [0.2, 0.25) is 0 Å². The fourth-order valence-corrected chi connectivity index (χ4v) is 1.90. The minimum atomic E-state index is -0.574. The van der Waals surface area contributed by atoms with Crippen LogP contribution in [-0.4, -0.2) is 17.6 Å². The second-order valence-corrected chi connectivity index (χ2v) is 4.39. The number of nitrogens with two attached hydrogens (primary N) is 1. The van der Waals surface area contributed by atoms with Crippen LogP contribution in [0.15, 0.2) is 48.5 Å². The van der Waals surface area contributed by atoms with Crippen molar-refractivity contribution in [2.75, 3.05) is 12.3 Å². The number of carbonyl (C=O) groups is 1. The maximum Gasteiger partial charge on any atom is 0.252 e. The van der Waals surface area contributed by atoms with Gasteiger partial charge >= 0.3 is 0 Å². The summed E-state index contributed by atoms with van der Waals surface area (Å²) in [4.78, 5) is 12.0. The lowest BCUT2D eigenvalue weighted by atomic mass is 10.1. The maximum atomic E-state index is 13.2. The van der Waals surface area contributed by atoms with Crippen molar-refractivity contribution in [3.63, 3.8) is 0 Å². The molecule has 0 bridgehead atoms. The topological polar surface area (TPSA) is 75.4 Å². The van der Waals surface area contributed by atoms with Gasteiger partial charge in [-0.1, -0.05) is 30.3 Å². The molecule has 0 heterocycles. The van der Waals surface area contributed by atoms with Gasteiger partial charge in [0.2, 0.25) is 0 Å². The van der Waals surface area contributed by atoms with Crippen molar-refractivity contribution < 1.29 is 14.3 Å². The highest BCUT2D eigenvalue weighted by Crippen LogP contribution is 2.15. The first-order chi connectivity index (χ1) is 9.60. The number of nitrogen functional groups attached to an aromatic ring is 1. The molecular formula is C15H15FN2O2. The minimum Gasteiger partial charge on any atom is -0.399 e. The highest BCUT2D eigenvalue weighted by atomic mass is 19.1. The predicted octanol–water partition coefficient (Wildman–Crippen LogP) is 1.87. The fraction of sp³-hybridized carbons (Fsp3) is 0.133. The summed E-state index contributed by atoms with van der Waals surface area (Å²) in [6.45, 7) is -0.249. The first-order valence-electron chi connectivity index (χ1n) is 6.13. The lowest BCUT2D eigenvalue weighted by molar-refractivity contribution is 0.0916. The van der Waals surface area contributed by atoms with Gasteiger partial charge in [0, 0.05) is 11.3 Å². The Morgan fingerprint density at radius 2 is 1.95 bits per heavy atom. The summed E-state index contributed by atoms with van der Waals surface area (Å²) in [6.07, 6.45) is 0. The summed E-state index contributed by atoms with van der Waals surface area (Å²) in [6, 6.07) is 12.1. The summed E-state index contributed by atoms with van der Waals surface area (Å²) in [5.41, 5.74) is 6.57. The van der Waals surface area contributed by atoms with Gasteiger partial charge in [0.1, 0.15) is 5.82 Å². The van der Waals surface area contributed by atoms with Crippen molar-refractivity contribution in [2.24, 2.45) is 0 Å². The summed E-state index contributed by atoms with van der Waals surface area (Å²) < 4.78 is 13.2. The quantitative estimate of drug-likeness (QED) is 0.745. The summed E-state index contributed by atoms with van der Waals surface area (Å²) >= 11 is 0. The fourth-order valence-electron chi connectivity index (χ4n) is 1.90. The highest BCUT2D eigenvalue weighted by Gasteiger charge is 2.15. The molecule has 4 N–H and O–H groups in total. The standard InChI is InChI=1S/C15H15FN2O2/c16-12-6-11(7-13(17)8-12)15(20)18-14(9-19)10-4-2-1-3-5-10/h1-8,14,19H,9,17H2,(H,18,20)/t14-/m0/s1. The Hall–Kier alpha value is -2.40. The van der Waals surface area contributed by atoms with Crippen molar-refractivity contribution in [1.82, 2.24) is 5.32 Å². The zero-order valence-electron chi connectivity index (χ0n) is 10.7. The number of hydrogen-bond acceptors (Lipinski definition) is 3. The van der Waals surface area contributed by atoms with Crippen molar-refractivity contribution in [2.45, 2.75) is 6.04 Å². The molecule has 20 heavy (non-hydrogen) atoms. The Labute approximate surface area is 116 Å². The average molecular weight is 274 g/mol. The Bertz CT molecular complexity index is 582. The lowest BCUT2D eigenvalue weighted by Crippen LogP contribution is -2.30. The lowest BCUT2D eigenvalue weighted by Gasteiger charge is -2.17. The molecular weight excluding hydrogens is 259 g/mol. The Morgan fingerprint density at radius 3 is 2.55 bits per heavy atom. The molecule has 4 nitrogen and oxygen atoms in total. The molecule has 0 aliphatic heterocycles. The van der Waals surface area contributed by atoms with E-state index in [0.29, 0.717) is 0 Å². The van der Waals surface area contributed by atoms with E-state index < -0.39 is 17.8 Å². The van der Waals surface area contributed by atoms with Crippen LogP contribution in [0.4, 0.5) is 10.1 Å². The van der Waals surface area contributed by atoms with E-state index in [4.69, 9.17) is 5.73 Å². The van der Waals surface area contributed by atoms with Gasteiger partial charge in [0.05, 0.1) is 12.6 Å². The Balaban J connectivity index is 2.17. The van der Waals surface area contributed by atoms with E-state index in [9.17, 15) is 14.3 Å². The molecule has 5 heteroatoms. The van der Waals surface area contributed by atoms with Crippen molar-refractivity contribution in [1.29, 1.82) is 0 Å². The predicted molar refractivity (Wildman–Crippen MR) is 74.5 cm³/mol. The first-order valence-corrected chi connectivity index (χ1v) is 6.13. The average Bonchev–Trinajstić information content (AvgIpc) is 2.44. The SMILES string of the molecule is Nc1cc(F)cc(C(=O)N[C@@H](CO)c2ccccc2)c1.